The first kappa shape index (κ1) is 13.6. The quantitative estimate of drug-likeness (QED) is 0.906. The molecule has 0 unspecified atom stereocenters. The first-order valence-electron chi connectivity index (χ1n) is 6.54. The van der Waals surface area contributed by atoms with Crippen LogP contribution in [0.3, 0.4) is 0 Å². The fraction of sp³-hybridized carbons (Fsp3) is 0.312. The Labute approximate surface area is 114 Å². The van der Waals surface area contributed by atoms with Gasteiger partial charge in [0.1, 0.15) is 5.75 Å². The van der Waals surface area contributed by atoms with Gasteiger partial charge in [-0.15, -0.1) is 0 Å². The van der Waals surface area contributed by atoms with Crippen molar-refractivity contribution < 1.29 is 4.74 Å². The molecule has 1 aromatic heterocycles. The number of aromatic nitrogens is 1. The number of hydrogen-bond acceptors (Lipinski definition) is 3. The molecular weight excluding hydrogens is 236 g/mol. The minimum atomic E-state index is 0.403. The molecule has 3 heteroatoms. The normalized spacial score (nSPS) is 10.8. The summed E-state index contributed by atoms with van der Waals surface area (Å²) in [5.74, 6) is 1.86. The monoisotopic (exact) mass is 256 g/mol. The molecule has 0 saturated heterocycles. The van der Waals surface area contributed by atoms with Gasteiger partial charge in [-0.2, -0.15) is 0 Å². The SMILES string of the molecule is Cc1ccc(C(C)C)c(Oc2ncccc2CN)c1. The van der Waals surface area contributed by atoms with Gasteiger partial charge in [0.2, 0.25) is 5.88 Å². The van der Waals surface area contributed by atoms with E-state index in [2.05, 4.69) is 37.9 Å². The highest BCUT2D eigenvalue weighted by atomic mass is 16.5. The van der Waals surface area contributed by atoms with Gasteiger partial charge in [-0.3, -0.25) is 0 Å². The number of hydrogen-bond donors (Lipinski definition) is 1. The first-order valence-corrected chi connectivity index (χ1v) is 6.54. The van der Waals surface area contributed by atoms with Gasteiger partial charge in [0.15, 0.2) is 0 Å². The molecule has 2 rings (SSSR count). The van der Waals surface area contributed by atoms with E-state index in [4.69, 9.17) is 10.5 Å². The summed E-state index contributed by atoms with van der Waals surface area (Å²) in [4.78, 5) is 4.27. The molecule has 2 N–H and O–H groups in total. The van der Waals surface area contributed by atoms with Crippen molar-refractivity contribution in [3.63, 3.8) is 0 Å². The van der Waals surface area contributed by atoms with E-state index in [-0.39, 0.29) is 0 Å². The minimum absolute atomic E-state index is 0.403. The van der Waals surface area contributed by atoms with Crippen LogP contribution in [-0.2, 0) is 6.54 Å². The molecule has 0 radical (unpaired) electrons. The zero-order chi connectivity index (χ0) is 13.8. The molecule has 0 spiro atoms. The topological polar surface area (TPSA) is 48.1 Å². The lowest BCUT2D eigenvalue weighted by molar-refractivity contribution is 0.448. The Morgan fingerprint density at radius 3 is 2.74 bits per heavy atom. The van der Waals surface area contributed by atoms with Gasteiger partial charge in [-0.1, -0.05) is 32.0 Å². The molecule has 0 bridgehead atoms. The van der Waals surface area contributed by atoms with Gasteiger partial charge in [-0.25, -0.2) is 4.98 Å². The molecule has 0 aliphatic rings. The van der Waals surface area contributed by atoms with Gasteiger partial charge < -0.3 is 10.5 Å². The smallest absolute Gasteiger partial charge is 0.223 e. The largest absolute Gasteiger partial charge is 0.438 e. The number of benzene rings is 1. The molecule has 0 saturated carbocycles. The van der Waals surface area contributed by atoms with Crippen LogP contribution in [0.15, 0.2) is 36.5 Å². The summed E-state index contributed by atoms with van der Waals surface area (Å²) in [7, 11) is 0. The van der Waals surface area contributed by atoms with Gasteiger partial charge in [0, 0.05) is 18.3 Å². The zero-order valence-electron chi connectivity index (χ0n) is 11.7. The van der Waals surface area contributed by atoms with E-state index in [9.17, 15) is 0 Å². The lowest BCUT2D eigenvalue weighted by Gasteiger charge is -2.15. The van der Waals surface area contributed by atoms with E-state index in [1.165, 1.54) is 11.1 Å². The van der Waals surface area contributed by atoms with Crippen LogP contribution >= 0.6 is 0 Å². The van der Waals surface area contributed by atoms with Crippen LogP contribution in [-0.4, -0.2) is 4.98 Å². The highest BCUT2D eigenvalue weighted by Gasteiger charge is 2.11. The second-order valence-corrected chi connectivity index (χ2v) is 4.97. The minimum Gasteiger partial charge on any atom is -0.438 e. The number of nitrogens with zero attached hydrogens (tertiary/aromatic N) is 1. The molecule has 100 valence electrons. The van der Waals surface area contributed by atoms with Crippen LogP contribution in [0.25, 0.3) is 0 Å². The lowest BCUT2D eigenvalue weighted by atomic mass is 10.0. The Kier molecular flexibility index (Phi) is 4.17. The van der Waals surface area contributed by atoms with Crippen molar-refractivity contribution in [2.75, 3.05) is 0 Å². The van der Waals surface area contributed by atoms with Crippen LogP contribution in [0, 0.1) is 6.92 Å². The van der Waals surface area contributed by atoms with Crippen molar-refractivity contribution in [3.05, 3.63) is 53.2 Å². The van der Waals surface area contributed by atoms with Crippen molar-refractivity contribution in [3.8, 4) is 11.6 Å². The molecule has 1 heterocycles. The third kappa shape index (κ3) is 3.12. The van der Waals surface area contributed by atoms with Crippen molar-refractivity contribution >= 4 is 0 Å². The lowest BCUT2D eigenvalue weighted by Crippen LogP contribution is -2.02. The Morgan fingerprint density at radius 1 is 1.26 bits per heavy atom. The highest BCUT2D eigenvalue weighted by molar-refractivity contribution is 5.42. The molecule has 0 aliphatic heterocycles. The fourth-order valence-electron chi connectivity index (χ4n) is 1.98. The fourth-order valence-corrected chi connectivity index (χ4v) is 1.98. The second-order valence-electron chi connectivity index (χ2n) is 4.97. The Hall–Kier alpha value is -1.87. The van der Waals surface area contributed by atoms with Gasteiger partial charge in [0.25, 0.3) is 0 Å². The maximum atomic E-state index is 5.98. The van der Waals surface area contributed by atoms with Crippen LogP contribution in [0.2, 0.25) is 0 Å². The van der Waals surface area contributed by atoms with Crippen molar-refractivity contribution in [2.45, 2.75) is 33.2 Å². The highest BCUT2D eigenvalue weighted by Crippen LogP contribution is 2.31. The van der Waals surface area contributed by atoms with Gasteiger partial charge >= 0.3 is 0 Å². The van der Waals surface area contributed by atoms with E-state index in [1.54, 1.807) is 6.20 Å². The van der Waals surface area contributed by atoms with E-state index < -0.39 is 0 Å². The van der Waals surface area contributed by atoms with Crippen LogP contribution < -0.4 is 10.5 Å². The maximum absolute atomic E-state index is 5.98. The second kappa shape index (κ2) is 5.85. The Morgan fingerprint density at radius 2 is 2.05 bits per heavy atom. The maximum Gasteiger partial charge on any atom is 0.223 e. The van der Waals surface area contributed by atoms with E-state index in [0.29, 0.717) is 18.3 Å². The molecule has 3 nitrogen and oxygen atoms in total. The summed E-state index contributed by atoms with van der Waals surface area (Å²) >= 11 is 0. The summed E-state index contributed by atoms with van der Waals surface area (Å²) in [6.45, 7) is 6.78. The molecule has 2 aromatic rings. The molecule has 0 atom stereocenters. The number of pyridine rings is 1. The number of aryl methyl sites for hydroxylation is 1. The van der Waals surface area contributed by atoms with E-state index >= 15 is 0 Å². The van der Waals surface area contributed by atoms with Crippen molar-refractivity contribution in [2.24, 2.45) is 5.73 Å². The molecule has 0 amide bonds. The van der Waals surface area contributed by atoms with Crippen LogP contribution in [0.4, 0.5) is 0 Å². The van der Waals surface area contributed by atoms with Gasteiger partial charge in [0.05, 0.1) is 0 Å². The van der Waals surface area contributed by atoms with Gasteiger partial charge in [-0.05, 0) is 36.1 Å². The summed E-state index contributed by atoms with van der Waals surface area (Å²) in [6, 6.07) is 10.1. The number of nitrogens with two attached hydrogens (primary N) is 1. The average molecular weight is 256 g/mol. The first-order chi connectivity index (χ1) is 9.11. The molecule has 19 heavy (non-hydrogen) atoms. The summed E-state index contributed by atoms with van der Waals surface area (Å²) in [6.07, 6.45) is 1.72. The Balaban J connectivity index is 2.39. The van der Waals surface area contributed by atoms with Crippen molar-refractivity contribution in [1.82, 2.24) is 4.98 Å². The third-order valence-corrected chi connectivity index (χ3v) is 3.07. The summed E-state index contributed by atoms with van der Waals surface area (Å²) < 4.78 is 5.98. The van der Waals surface area contributed by atoms with Crippen molar-refractivity contribution in [1.29, 1.82) is 0 Å². The predicted molar refractivity (Wildman–Crippen MR) is 77.5 cm³/mol. The third-order valence-electron chi connectivity index (χ3n) is 3.07. The number of ether oxygens (including phenoxy) is 1. The zero-order valence-corrected chi connectivity index (χ0v) is 11.7. The Bertz CT molecular complexity index is 564. The summed E-state index contributed by atoms with van der Waals surface area (Å²) in [5, 5.41) is 0. The number of rotatable bonds is 4. The summed E-state index contributed by atoms with van der Waals surface area (Å²) in [5.41, 5.74) is 8.98. The molecular formula is C16H20N2O. The molecule has 0 fully saturated rings. The predicted octanol–water partition coefficient (Wildman–Crippen LogP) is 3.76. The van der Waals surface area contributed by atoms with Crippen LogP contribution in [0.1, 0.15) is 36.5 Å². The standard InChI is InChI=1S/C16H20N2O/c1-11(2)14-7-6-12(3)9-15(14)19-16-13(10-17)5-4-8-18-16/h4-9,11H,10,17H2,1-3H3. The van der Waals surface area contributed by atoms with E-state index in [1.807, 2.05) is 18.2 Å². The van der Waals surface area contributed by atoms with E-state index in [0.717, 1.165) is 11.3 Å². The average Bonchev–Trinajstić information content (AvgIpc) is 2.39. The molecule has 0 aliphatic carbocycles. The van der Waals surface area contributed by atoms with Crippen LogP contribution in [0.5, 0.6) is 11.6 Å². The molecule has 1 aromatic carbocycles.